The number of phenols is 1. The van der Waals surface area contributed by atoms with Gasteiger partial charge in [0.05, 0.1) is 24.6 Å². The van der Waals surface area contributed by atoms with Gasteiger partial charge in [0.2, 0.25) is 5.91 Å². The third kappa shape index (κ3) is 5.01. The van der Waals surface area contributed by atoms with E-state index < -0.39 is 12.0 Å². The van der Waals surface area contributed by atoms with Crippen LogP contribution in [-0.4, -0.2) is 34.5 Å². The molecule has 2 unspecified atom stereocenters. The molecule has 1 fully saturated rings. The number of phenolic OH excluding ortho intramolecular Hbond substituents is 1. The molecule has 0 aliphatic carbocycles. The molecule has 3 amide bonds. The number of hydrogen-bond donors (Lipinski definition) is 3. The van der Waals surface area contributed by atoms with Gasteiger partial charge in [-0.05, 0) is 42.2 Å². The van der Waals surface area contributed by atoms with Crippen LogP contribution in [0.4, 0.5) is 10.5 Å². The van der Waals surface area contributed by atoms with Gasteiger partial charge in [0.15, 0.2) is 0 Å². The molecule has 174 valence electrons. The fourth-order valence-corrected chi connectivity index (χ4v) is 4.38. The average Bonchev–Trinajstić information content (AvgIpc) is 3.28. The van der Waals surface area contributed by atoms with Crippen molar-refractivity contribution >= 4 is 23.6 Å². The predicted octanol–water partition coefficient (Wildman–Crippen LogP) is 2.98. The van der Waals surface area contributed by atoms with Crippen LogP contribution in [0.5, 0.6) is 5.75 Å². The van der Waals surface area contributed by atoms with Gasteiger partial charge in [-0.15, -0.1) is 0 Å². The molecular formula is C26H24N3O5-. The zero-order chi connectivity index (χ0) is 24.1. The van der Waals surface area contributed by atoms with Crippen molar-refractivity contribution in [1.29, 1.82) is 0 Å². The number of anilines is 1. The number of para-hydroxylation sites is 1. The molecule has 3 aromatic rings. The lowest BCUT2D eigenvalue weighted by Gasteiger charge is -2.31. The molecule has 0 aromatic heterocycles. The Labute approximate surface area is 196 Å². The average molecular weight is 458 g/mol. The Bertz CT molecular complexity index is 1200. The van der Waals surface area contributed by atoms with Gasteiger partial charge in [0, 0.05) is 11.3 Å². The van der Waals surface area contributed by atoms with E-state index in [0.29, 0.717) is 12.0 Å². The van der Waals surface area contributed by atoms with Crippen molar-refractivity contribution in [3.05, 3.63) is 95.6 Å². The first kappa shape index (κ1) is 22.8. The summed E-state index contributed by atoms with van der Waals surface area (Å²) in [4.78, 5) is 38.5. The second-order valence-corrected chi connectivity index (χ2v) is 8.06. The van der Waals surface area contributed by atoms with E-state index >= 15 is 0 Å². The molecule has 0 radical (unpaired) electrons. The molecule has 0 saturated carbocycles. The van der Waals surface area contributed by atoms with E-state index in [0.717, 1.165) is 12.0 Å². The van der Waals surface area contributed by atoms with Crippen molar-refractivity contribution in [3.8, 4) is 5.75 Å². The molecule has 8 nitrogen and oxygen atoms in total. The number of likely N-dealkylation sites (tertiary alicyclic amines) is 1. The molecule has 1 aliphatic rings. The van der Waals surface area contributed by atoms with Crippen molar-refractivity contribution in [1.82, 2.24) is 10.2 Å². The van der Waals surface area contributed by atoms with Crippen LogP contribution in [0.2, 0.25) is 0 Å². The maximum absolute atomic E-state index is 13.3. The maximum Gasteiger partial charge on any atom is 0.319 e. The van der Waals surface area contributed by atoms with Crippen LogP contribution in [-0.2, 0) is 4.79 Å². The fourth-order valence-electron chi connectivity index (χ4n) is 4.38. The summed E-state index contributed by atoms with van der Waals surface area (Å²) in [7, 11) is 0. The van der Waals surface area contributed by atoms with E-state index in [-0.39, 0.29) is 41.5 Å². The van der Waals surface area contributed by atoms with Crippen LogP contribution in [0.3, 0.4) is 0 Å². The quantitative estimate of drug-likeness (QED) is 0.524. The second-order valence-electron chi connectivity index (χ2n) is 8.06. The number of urea groups is 1. The van der Waals surface area contributed by atoms with Gasteiger partial charge in [-0.2, -0.15) is 0 Å². The molecule has 1 aliphatic heterocycles. The van der Waals surface area contributed by atoms with Gasteiger partial charge in [-0.1, -0.05) is 60.7 Å². The number of aromatic carboxylic acids is 1. The molecule has 4 rings (SSSR count). The largest absolute Gasteiger partial charge is 0.545 e. The number of carbonyl (C=O) groups excluding carboxylic acids is 3. The number of benzene rings is 3. The molecule has 2 atom stereocenters. The minimum absolute atomic E-state index is 0.0674. The Kier molecular flexibility index (Phi) is 6.77. The third-order valence-corrected chi connectivity index (χ3v) is 5.91. The van der Waals surface area contributed by atoms with Crippen LogP contribution >= 0.6 is 0 Å². The molecule has 0 bridgehead atoms. The van der Waals surface area contributed by atoms with E-state index in [4.69, 9.17) is 0 Å². The van der Waals surface area contributed by atoms with Crippen LogP contribution in [0.15, 0.2) is 78.9 Å². The van der Waals surface area contributed by atoms with Crippen molar-refractivity contribution in [2.24, 2.45) is 0 Å². The molecule has 34 heavy (non-hydrogen) atoms. The lowest BCUT2D eigenvalue weighted by Crippen LogP contribution is -2.42. The van der Waals surface area contributed by atoms with Gasteiger partial charge >= 0.3 is 6.03 Å². The predicted molar refractivity (Wildman–Crippen MR) is 124 cm³/mol. The first-order valence-corrected chi connectivity index (χ1v) is 10.9. The maximum atomic E-state index is 13.3. The monoisotopic (exact) mass is 458 g/mol. The van der Waals surface area contributed by atoms with Crippen LogP contribution in [0.25, 0.3) is 0 Å². The summed E-state index contributed by atoms with van der Waals surface area (Å²) in [6.07, 6.45) is 1.39. The number of hydrogen-bond acceptors (Lipinski definition) is 5. The van der Waals surface area contributed by atoms with Gasteiger partial charge in [-0.25, -0.2) is 4.79 Å². The van der Waals surface area contributed by atoms with E-state index in [1.54, 1.807) is 23.1 Å². The van der Waals surface area contributed by atoms with Crippen molar-refractivity contribution < 1.29 is 24.6 Å². The molecule has 0 spiro atoms. The van der Waals surface area contributed by atoms with Crippen molar-refractivity contribution in [2.45, 2.75) is 24.9 Å². The molecule has 8 heteroatoms. The van der Waals surface area contributed by atoms with Crippen molar-refractivity contribution in [2.75, 3.05) is 11.9 Å². The standard InChI is InChI=1S/C26H25N3O5/c30-23-12-5-4-11-20(23)22-14-13-21(17-7-2-1-3-8-17)29(22)24(31)16-27-26(34)28-19-10-6-9-18(15-19)25(32)33/h1-12,15,21-22,30H,13-14,16H2,(H,32,33)(H2,27,28,34)/p-1. The summed E-state index contributed by atoms with van der Waals surface area (Å²) in [6.45, 7) is -0.264. The fraction of sp³-hybridized carbons (Fsp3) is 0.192. The summed E-state index contributed by atoms with van der Waals surface area (Å²) < 4.78 is 0. The first-order chi connectivity index (χ1) is 16.4. The highest BCUT2D eigenvalue weighted by molar-refractivity contribution is 5.94. The molecule has 1 saturated heterocycles. The van der Waals surface area contributed by atoms with Crippen LogP contribution < -0.4 is 15.7 Å². The number of nitrogens with one attached hydrogen (secondary N) is 2. The topological polar surface area (TPSA) is 122 Å². The molecule has 3 N–H and O–H groups in total. The molecule has 3 aromatic carbocycles. The number of rotatable bonds is 6. The smallest absolute Gasteiger partial charge is 0.319 e. The van der Waals surface area contributed by atoms with E-state index in [1.807, 2.05) is 36.4 Å². The highest BCUT2D eigenvalue weighted by atomic mass is 16.4. The Hall–Kier alpha value is -4.33. The van der Waals surface area contributed by atoms with Crippen LogP contribution in [0.1, 0.15) is 46.4 Å². The van der Waals surface area contributed by atoms with Crippen molar-refractivity contribution in [3.63, 3.8) is 0 Å². The van der Waals surface area contributed by atoms with E-state index in [9.17, 15) is 24.6 Å². The lowest BCUT2D eigenvalue weighted by molar-refractivity contribution is -0.255. The highest BCUT2D eigenvalue weighted by Crippen LogP contribution is 2.45. The normalized spacial score (nSPS) is 17.2. The molecule has 1 heterocycles. The third-order valence-electron chi connectivity index (χ3n) is 5.91. The first-order valence-electron chi connectivity index (χ1n) is 10.9. The van der Waals surface area contributed by atoms with Gasteiger partial charge in [-0.3, -0.25) is 4.79 Å². The summed E-state index contributed by atoms with van der Waals surface area (Å²) in [5, 5.41) is 26.5. The number of nitrogens with zero attached hydrogens (tertiary/aromatic N) is 1. The Morgan fingerprint density at radius 3 is 2.35 bits per heavy atom. The summed E-state index contributed by atoms with van der Waals surface area (Å²) >= 11 is 0. The molecular weight excluding hydrogens is 434 g/mol. The lowest BCUT2D eigenvalue weighted by atomic mass is 10.0. The Morgan fingerprint density at radius 1 is 0.912 bits per heavy atom. The highest BCUT2D eigenvalue weighted by Gasteiger charge is 2.39. The zero-order valence-corrected chi connectivity index (χ0v) is 18.3. The summed E-state index contributed by atoms with van der Waals surface area (Å²) in [5.41, 5.74) is 1.85. The van der Waals surface area contributed by atoms with Crippen LogP contribution in [0, 0.1) is 0 Å². The van der Waals surface area contributed by atoms with Gasteiger partial charge < -0.3 is 30.5 Å². The Morgan fingerprint density at radius 2 is 1.62 bits per heavy atom. The van der Waals surface area contributed by atoms with E-state index in [2.05, 4.69) is 10.6 Å². The summed E-state index contributed by atoms with van der Waals surface area (Å²) in [5.74, 6) is -1.52. The number of carboxylic acids is 1. The number of aromatic hydroxyl groups is 1. The Balaban J connectivity index is 1.49. The summed E-state index contributed by atoms with van der Waals surface area (Å²) in [6, 6.07) is 21.1. The second kappa shape index (κ2) is 10.1. The number of carboxylic acid groups (broad SMARTS) is 1. The number of carbonyl (C=O) groups is 3. The minimum Gasteiger partial charge on any atom is -0.545 e. The van der Waals surface area contributed by atoms with Gasteiger partial charge in [0.1, 0.15) is 5.75 Å². The SMILES string of the molecule is O=C(NCC(=O)N1C(c2ccccc2)CCC1c1ccccc1O)Nc1cccc(C(=O)[O-])c1. The minimum atomic E-state index is -1.35. The number of amides is 3. The van der Waals surface area contributed by atoms with E-state index in [1.165, 1.54) is 24.3 Å². The van der Waals surface area contributed by atoms with Gasteiger partial charge in [0.25, 0.3) is 0 Å². The zero-order valence-electron chi connectivity index (χ0n) is 18.3.